The molecule has 0 saturated heterocycles. The molecule has 0 aliphatic rings. The first-order valence-corrected chi connectivity index (χ1v) is 6.27. The molecule has 0 spiro atoms. The standard InChI is InChI=1S/C14H10Cl2F2O/c1-19-9-3-4-10(13(18)7-9)14(16)11-6-8(15)2-5-12(11)17/h2-7,14H,1H3. The van der Waals surface area contributed by atoms with E-state index in [0.717, 1.165) is 0 Å². The Morgan fingerprint density at radius 1 is 1.00 bits per heavy atom. The first-order valence-electron chi connectivity index (χ1n) is 5.45. The summed E-state index contributed by atoms with van der Waals surface area (Å²) in [6.07, 6.45) is 0. The predicted molar refractivity (Wildman–Crippen MR) is 72.1 cm³/mol. The van der Waals surface area contributed by atoms with Crippen molar-refractivity contribution in [3.63, 3.8) is 0 Å². The molecule has 0 amide bonds. The van der Waals surface area contributed by atoms with Gasteiger partial charge in [0.15, 0.2) is 0 Å². The summed E-state index contributed by atoms with van der Waals surface area (Å²) in [5.41, 5.74) is 0.307. The van der Waals surface area contributed by atoms with Crippen LogP contribution in [0.4, 0.5) is 8.78 Å². The van der Waals surface area contributed by atoms with E-state index in [9.17, 15) is 8.78 Å². The third-order valence-electron chi connectivity index (χ3n) is 2.71. The molecule has 0 fully saturated rings. The van der Waals surface area contributed by atoms with E-state index in [4.69, 9.17) is 27.9 Å². The van der Waals surface area contributed by atoms with Crippen LogP contribution in [0.5, 0.6) is 5.75 Å². The van der Waals surface area contributed by atoms with Crippen LogP contribution in [-0.4, -0.2) is 7.11 Å². The van der Waals surface area contributed by atoms with Crippen molar-refractivity contribution in [3.8, 4) is 5.75 Å². The highest BCUT2D eigenvalue weighted by Crippen LogP contribution is 2.34. The molecule has 1 unspecified atom stereocenters. The van der Waals surface area contributed by atoms with Crippen molar-refractivity contribution in [2.75, 3.05) is 7.11 Å². The molecule has 0 radical (unpaired) electrons. The fourth-order valence-electron chi connectivity index (χ4n) is 1.72. The summed E-state index contributed by atoms with van der Waals surface area (Å²) >= 11 is 11.9. The molecule has 1 atom stereocenters. The maximum Gasteiger partial charge on any atom is 0.131 e. The van der Waals surface area contributed by atoms with Crippen molar-refractivity contribution >= 4 is 23.2 Å². The second kappa shape index (κ2) is 5.76. The summed E-state index contributed by atoms with van der Waals surface area (Å²) in [4.78, 5) is 0. The van der Waals surface area contributed by atoms with Gasteiger partial charge < -0.3 is 4.74 Å². The molecule has 0 aromatic heterocycles. The Hall–Kier alpha value is -1.32. The number of halogens is 4. The van der Waals surface area contributed by atoms with Gasteiger partial charge in [0.2, 0.25) is 0 Å². The van der Waals surface area contributed by atoms with E-state index < -0.39 is 17.0 Å². The molecule has 2 aromatic carbocycles. The van der Waals surface area contributed by atoms with Crippen LogP contribution in [0.15, 0.2) is 36.4 Å². The van der Waals surface area contributed by atoms with Gasteiger partial charge in [-0.3, -0.25) is 0 Å². The fourth-order valence-corrected chi connectivity index (χ4v) is 2.24. The number of benzene rings is 2. The van der Waals surface area contributed by atoms with Gasteiger partial charge in [-0.2, -0.15) is 0 Å². The zero-order valence-corrected chi connectivity index (χ0v) is 11.5. The van der Waals surface area contributed by atoms with Gasteiger partial charge >= 0.3 is 0 Å². The number of alkyl halides is 1. The molecule has 100 valence electrons. The topological polar surface area (TPSA) is 9.23 Å². The second-order valence-corrected chi connectivity index (χ2v) is 4.79. The number of methoxy groups -OCH3 is 1. The monoisotopic (exact) mass is 302 g/mol. The zero-order chi connectivity index (χ0) is 14.0. The lowest BCUT2D eigenvalue weighted by Gasteiger charge is -2.13. The molecule has 2 rings (SSSR count). The van der Waals surface area contributed by atoms with Gasteiger partial charge in [-0.1, -0.05) is 17.7 Å². The van der Waals surface area contributed by atoms with Gasteiger partial charge in [0, 0.05) is 22.2 Å². The average molecular weight is 303 g/mol. The highest BCUT2D eigenvalue weighted by atomic mass is 35.5. The molecular formula is C14H10Cl2F2O. The first-order chi connectivity index (χ1) is 9.02. The Kier molecular flexibility index (Phi) is 4.27. The quantitative estimate of drug-likeness (QED) is 0.729. The summed E-state index contributed by atoms with van der Waals surface area (Å²) in [6.45, 7) is 0. The van der Waals surface area contributed by atoms with Gasteiger partial charge in [-0.15, -0.1) is 11.6 Å². The maximum atomic E-state index is 13.9. The minimum absolute atomic E-state index is 0.137. The number of hydrogen-bond acceptors (Lipinski definition) is 1. The molecule has 19 heavy (non-hydrogen) atoms. The van der Waals surface area contributed by atoms with Crippen molar-refractivity contribution in [2.45, 2.75) is 5.38 Å². The van der Waals surface area contributed by atoms with Gasteiger partial charge in [0.05, 0.1) is 12.5 Å². The van der Waals surface area contributed by atoms with E-state index in [-0.39, 0.29) is 11.1 Å². The van der Waals surface area contributed by atoms with Crippen LogP contribution in [0.25, 0.3) is 0 Å². The Morgan fingerprint density at radius 3 is 2.37 bits per heavy atom. The second-order valence-electron chi connectivity index (χ2n) is 3.92. The van der Waals surface area contributed by atoms with Crippen molar-refractivity contribution in [1.82, 2.24) is 0 Å². The molecule has 0 aliphatic carbocycles. The predicted octanol–water partition coefficient (Wildman–Crippen LogP) is 4.96. The van der Waals surface area contributed by atoms with Gasteiger partial charge in [0.1, 0.15) is 17.4 Å². The maximum absolute atomic E-state index is 13.9. The zero-order valence-electron chi connectivity index (χ0n) is 9.96. The van der Waals surface area contributed by atoms with E-state index in [1.807, 2.05) is 0 Å². The van der Waals surface area contributed by atoms with E-state index in [1.54, 1.807) is 6.07 Å². The lowest BCUT2D eigenvalue weighted by atomic mass is 10.0. The smallest absolute Gasteiger partial charge is 0.131 e. The third kappa shape index (κ3) is 2.99. The third-order valence-corrected chi connectivity index (χ3v) is 3.42. The van der Waals surface area contributed by atoms with Gasteiger partial charge in [0.25, 0.3) is 0 Å². The summed E-state index contributed by atoms with van der Waals surface area (Å²) in [5.74, 6) is -0.713. The number of ether oxygens (including phenoxy) is 1. The molecule has 2 aromatic rings. The summed E-state index contributed by atoms with van der Waals surface area (Å²) in [6, 6.07) is 8.23. The Morgan fingerprint density at radius 2 is 1.74 bits per heavy atom. The van der Waals surface area contributed by atoms with Crippen molar-refractivity contribution < 1.29 is 13.5 Å². The Balaban J connectivity index is 2.43. The normalized spacial score (nSPS) is 12.3. The highest BCUT2D eigenvalue weighted by molar-refractivity contribution is 6.30. The molecule has 0 heterocycles. The lowest BCUT2D eigenvalue weighted by molar-refractivity contribution is 0.410. The Bertz CT molecular complexity index is 602. The minimum atomic E-state index is -0.954. The SMILES string of the molecule is COc1ccc(C(Cl)c2cc(Cl)ccc2F)c(F)c1. The molecular weight excluding hydrogens is 293 g/mol. The first kappa shape index (κ1) is 14.1. The summed E-state index contributed by atoms with van der Waals surface area (Å²) in [7, 11) is 1.43. The largest absolute Gasteiger partial charge is 0.497 e. The van der Waals surface area contributed by atoms with Crippen LogP contribution in [0.3, 0.4) is 0 Å². The van der Waals surface area contributed by atoms with Crippen LogP contribution in [-0.2, 0) is 0 Å². The number of hydrogen-bond donors (Lipinski definition) is 0. The fraction of sp³-hybridized carbons (Fsp3) is 0.143. The minimum Gasteiger partial charge on any atom is -0.497 e. The van der Waals surface area contributed by atoms with Crippen molar-refractivity contribution in [2.24, 2.45) is 0 Å². The Labute approximate surface area is 119 Å². The summed E-state index contributed by atoms with van der Waals surface area (Å²) in [5, 5.41) is -0.611. The molecule has 0 saturated carbocycles. The highest BCUT2D eigenvalue weighted by Gasteiger charge is 2.19. The van der Waals surface area contributed by atoms with Crippen LogP contribution in [0.2, 0.25) is 5.02 Å². The van der Waals surface area contributed by atoms with Crippen molar-refractivity contribution in [3.05, 3.63) is 64.2 Å². The van der Waals surface area contributed by atoms with Gasteiger partial charge in [-0.05, 0) is 24.3 Å². The van der Waals surface area contributed by atoms with Crippen molar-refractivity contribution in [1.29, 1.82) is 0 Å². The molecule has 0 bridgehead atoms. The average Bonchev–Trinajstić information content (AvgIpc) is 2.40. The van der Waals surface area contributed by atoms with Crippen LogP contribution >= 0.6 is 23.2 Å². The van der Waals surface area contributed by atoms with Crippen LogP contribution < -0.4 is 4.74 Å². The lowest BCUT2D eigenvalue weighted by Crippen LogP contribution is -2.00. The van der Waals surface area contributed by atoms with E-state index >= 15 is 0 Å². The summed E-state index contributed by atoms with van der Waals surface area (Å²) < 4.78 is 32.5. The van der Waals surface area contributed by atoms with E-state index in [0.29, 0.717) is 10.8 Å². The molecule has 5 heteroatoms. The molecule has 1 nitrogen and oxygen atoms in total. The van der Waals surface area contributed by atoms with Crippen LogP contribution in [0, 0.1) is 11.6 Å². The van der Waals surface area contributed by atoms with E-state index in [1.165, 1.54) is 37.4 Å². The number of rotatable bonds is 3. The molecule has 0 N–H and O–H groups in total. The van der Waals surface area contributed by atoms with Crippen LogP contribution in [0.1, 0.15) is 16.5 Å². The van der Waals surface area contributed by atoms with Gasteiger partial charge in [-0.25, -0.2) is 8.78 Å². The molecule has 0 aliphatic heterocycles. The van der Waals surface area contributed by atoms with E-state index in [2.05, 4.69) is 0 Å².